The van der Waals surface area contributed by atoms with E-state index in [0.717, 1.165) is 12.8 Å². The molecular formula is C15H18N2O3. The van der Waals surface area contributed by atoms with Gasteiger partial charge in [-0.05, 0) is 36.8 Å². The van der Waals surface area contributed by atoms with Gasteiger partial charge in [-0.3, -0.25) is 4.79 Å². The maximum Gasteiger partial charge on any atom is 0.243 e. The third-order valence-corrected chi connectivity index (χ3v) is 4.38. The fourth-order valence-corrected chi connectivity index (χ4v) is 3.27. The first-order valence-corrected chi connectivity index (χ1v) is 7.02. The van der Waals surface area contributed by atoms with Crippen molar-refractivity contribution in [3.05, 3.63) is 23.8 Å². The highest BCUT2D eigenvalue weighted by molar-refractivity contribution is 5.87. The average Bonchev–Trinajstić information content (AvgIpc) is 3.18. The van der Waals surface area contributed by atoms with Crippen molar-refractivity contribution in [1.82, 2.24) is 5.43 Å². The zero-order valence-electron chi connectivity index (χ0n) is 11.1. The molecule has 106 valence electrons. The number of nitrogens with zero attached hydrogens (tertiary/aromatic N) is 1. The fourth-order valence-electron chi connectivity index (χ4n) is 3.27. The molecule has 0 heterocycles. The van der Waals surface area contributed by atoms with E-state index in [0.29, 0.717) is 17.4 Å². The van der Waals surface area contributed by atoms with Gasteiger partial charge in [0, 0.05) is 11.5 Å². The van der Waals surface area contributed by atoms with Crippen LogP contribution in [-0.4, -0.2) is 22.3 Å². The Labute approximate surface area is 117 Å². The quantitative estimate of drug-likeness (QED) is 0.448. The lowest BCUT2D eigenvalue weighted by Crippen LogP contribution is -2.20. The Morgan fingerprint density at radius 1 is 1.25 bits per heavy atom. The van der Waals surface area contributed by atoms with Crippen LogP contribution in [-0.2, 0) is 4.79 Å². The maximum absolute atomic E-state index is 12.0. The Morgan fingerprint density at radius 3 is 2.65 bits per heavy atom. The number of rotatable bonds is 3. The topological polar surface area (TPSA) is 81.9 Å². The van der Waals surface area contributed by atoms with Crippen molar-refractivity contribution in [2.24, 2.45) is 22.9 Å². The molecule has 1 amide bonds. The minimum Gasteiger partial charge on any atom is -0.504 e. The van der Waals surface area contributed by atoms with E-state index in [9.17, 15) is 15.0 Å². The van der Waals surface area contributed by atoms with Crippen molar-refractivity contribution in [2.75, 3.05) is 0 Å². The molecule has 2 atom stereocenters. The number of phenols is 2. The molecule has 0 aromatic heterocycles. The van der Waals surface area contributed by atoms with Crippen molar-refractivity contribution >= 4 is 12.1 Å². The van der Waals surface area contributed by atoms with E-state index in [1.54, 1.807) is 12.1 Å². The van der Waals surface area contributed by atoms with E-state index in [1.165, 1.54) is 25.1 Å². The average molecular weight is 274 g/mol. The van der Waals surface area contributed by atoms with Crippen LogP contribution in [0.4, 0.5) is 0 Å². The molecule has 2 fully saturated rings. The lowest BCUT2D eigenvalue weighted by Gasteiger charge is -2.04. The van der Waals surface area contributed by atoms with Crippen molar-refractivity contribution in [1.29, 1.82) is 0 Å². The number of carbonyl (C=O) groups excluding carboxylic acids is 1. The molecule has 1 aromatic rings. The van der Waals surface area contributed by atoms with E-state index in [2.05, 4.69) is 10.5 Å². The fraction of sp³-hybridized carbons (Fsp3) is 0.467. The van der Waals surface area contributed by atoms with Gasteiger partial charge < -0.3 is 10.2 Å². The monoisotopic (exact) mass is 274 g/mol. The Morgan fingerprint density at radius 2 is 1.95 bits per heavy atom. The Kier molecular flexibility index (Phi) is 3.34. The number of carbonyl (C=O) groups is 1. The molecule has 20 heavy (non-hydrogen) atoms. The summed E-state index contributed by atoms with van der Waals surface area (Å²) in [6, 6.07) is 4.61. The van der Waals surface area contributed by atoms with Crippen molar-refractivity contribution in [2.45, 2.75) is 25.7 Å². The van der Waals surface area contributed by atoms with E-state index in [-0.39, 0.29) is 23.3 Å². The second-order valence-electron chi connectivity index (χ2n) is 5.59. The summed E-state index contributed by atoms with van der Waals surface area (Å²) < 4.78 is 0. The lowest BCUT2D eigenvalue weighted by atomic mass is 10.0. The number of fused-ring (bicyclic) bond motifs is 1. The second kappa shape index (κ2) is 5.15. The molecule has 0 radical (unpaired) electrons. The summed E-state index contributed by atoms with van der Waals surface area (Å²) in [5.41, 5.74) is 2.91. The number of hydrogen-bond donors (Lipinski definition) is 3. The van der Waals surface area contributed by atoms with Crippen LogP contribution >= 0.6 is 0 Å². The standard InChI is InChI=1S/C15H18N2O3/c18-12-7-3-4-9(14(12)19)8-16-17-15(20)13-10-5-1-2-6-11(10)13/h3-4,7-8,10-11,13,18-19H,1-2,5-6H2,(H,17,20)/b16-8-/t10-,11-/m0/s1. The molecule has 2 saturated carbocycles. The molecule has 0 unspecified atom stereocenters. The van der Waals surface area contributed by atoms with Gasteiger partial charge in [-0.25, -0.2) is 5.43 Å². The summed E-state index contributed by atoms with van der Waals surface area (Å²) in [4.78, 5) is 12.0. The molecule has 3 rings (SSSR count). The summed E-state index contributed by atoms with van der Waals surface area (Å²) >= 11 is 0. The molecule has 2 aliphatic rings. The minimum atomic E-state index is -0.231. The Hall–Kier alpha value is -2.04. The van der Waals surface area contributed by atoms with Crippen LogP contribution in [0.5, 0.6) is 11.5 Å². The first kappa shape index (κ1) is 13.0. The summed E-state index contributed by atoms with van der Waals surface area (Å²) in [5.74, 6) is 0.755. The van der Waals surface area contributed by atoms with Crippen LogP contribution in [0.15, 0.2) is 23.3 Å². The van der Waals surface area contributed by atoms with Crippen LogP contribution in [0.2, 0.25) is 0 Å². The molecule has 0 aliphatic heterocycles. The number of nitrogens with one attached hydrogen (secondary N) is 1. The lowest BCUT2D eigenvalue weighted by molar-refractivity contribution is -0.122. The number of hydrazone groups is 1. The molecule has 2 aliphatic carbocycles. The van der Waals surface area contributed by atoms with Gasteiger partial charge in [-0.1, -0.05) is 18.9 Å². The van der Waals surface area contributed by atoms with Gasteiger partial charge >= 0.3 is 0 Å². The zero-order valence-corrected chi connectivity index (χ0v) is 11.1. The minimum absolute atomic E-state index is 0.0298. The first-order chi connectivity index (χ1) is 9.68. The smallest absolute Gasteiger partial charge is 0.243 e. The number of amides is 1. The number of hydrogen-bond acceptors (Lipinski definition) is 4. The predicted octanol–water partition coefficient (Wildman–Crippen LogP) is 1.98. The third kappa shape index (κ3) is 2.35. The summed E-state index contributed by atoms with van der Waals surface area (Å²) in [5, 5.41) is 22.8. The highest BCUT2D eigenvalue weighted by Gasteiger charge is 2.54. The van der Waals surface area contributed by atoms with Crippen LogP contribution in [0.3, 0.4) is 0 Å². The number of benzene rings is 1. The van der Waals surface area contributed by atoms with Crippen LogP contribution in [0.25, 0.3) is 0 Å². The molecule has 0 bridgehead atoms. The van der Waals surface area contributed by atoms with Crippen molar-refractivity contribution in [3.8, 4) is 11.5 Å². The SMILES string of the molecule is O=C(N/N=C\c1cccc(O)c1O)C1[C@H]2CCCC[C@H]12. The Bertz CT molecular complexity index is 544. The van der Waals surface area contributed by atoms with Crippen molar-refractivity contribution < 1.29 is 15.0 Å². The van der Waals surface area contributed by atoms with E-state index in [4.69, 9.17) is 0 Å². The molecule has 0 saturated heterocycles. The second-order valence-corrected chi connectivity index (χ2v) is 5.59. The van der Waals surface area contributed by atoms with Gasteiger partial charge in [0.2, 0.25) is 5.91 Å². The number of aromatic hydroxyl groups is 2. The molecule has 1 aromatic carbocycles. The van der Waals surface area contributed by atoms with Gasteiger partial charge in [-0.15, -0.1) is 0 Å². The van der Waals surface area contributed by atoms with Crippen LogP contribution in [0.1, 0.15) is 31.2 Å². The predicted molar refractivity (Wildman–Crippen MR) is 74.4 cm³/mol. The normalized spacial score (nSPS) is 28.1. The molecule has 5 heteroatoms. The summed E-state index contributed by atoms with van der Waals surface area (Å²) in [7, 11) is 0. The van der Waals surface area contributed by atoms with Gasteiger partial charge in [0.15, 0.2) is 11.5 Å². The summed E-state index contributed by atoms with van der Waals surface area (Å²) in [6.45, 7) is 0. The number of para-hydroxylation sites is 1. The molecule has 5 nitrogen and oxygen atoms in total. The van der Waals surface area contributed by atoms with Gasteiger partial charge in [0.1, 0.15) is 0 Å². The van der Waals surface area contributed by atoms with E-state index < -0.39 is 0 Å². The van der Waals surface area contributed by atoms with E-state index in [1.807, 2.05) is 0 Å². The molecular weight excluding hydrogens is 256 g/mol. The van der Waals surface area contributed by atoms with Crippen LogP contribution in [0, 0.1) is 17.8 Å². The van der Waals surface area contributed by atoms with Crippen LogP contribution < -0.4 is 5.43 Å². The summed E-state index contributed by atoms with van der Waals surface area (Å²) in [6.07, 6.45) is 6.11. The highest BCUT2D eigenvalue weighted by atomic mass is 16.3. The Balaban J connectivity index is 1.58. The van der Waals surface area contributed by atoms with E-state index >= 15 is 0 Å². The zero-order chi connectivity index (χ0) is 14.1. The molecule has 0 spiro atoms. The van der Waals surface area contributed by atoms with Crippen molar-refractivity contribution in [3.63, 3.8) is 0 Å². The largest absolute Gasteiger partial charge is 0.504 e. The third-order valence-electron chi connectivity index (χ3n) is 4.38. The highest BCUT2D eigenvalue weighted by Crippen LogP contribution is 2.55. The first-order valence-electron chi connectivity index (χ1n) is 7.02. The maximum atomic E-state index is 12.0. The van der Waals surface area contributed by atoms with Gasteiger partial charge in [0.25, 0.3) is 0 Å². The number of phenolic OH excluding ortho intramolecular Hbond substituents is 2. The van der Waals surface area contributed by atoms with Gasteiger partial charge in [0.05, 0.1) is 6.21 Å². The molecule has 3 N–H and O–H groups in total. The van der Waals surface area contributed by atoms with Gasteiger partial charge in [-0.2, -0.15) is 5.10 Å².